The van der Waals surface area contributed by atoms with Gasteiger partial charge in [0.05, 0.1) is 12.1 Å². The van der Waals surface area contributed by atoms with Crippen molar-refractivity contribution in [2.45, 2.75) is 57.2 Å². The zero-order chi connectivity index (χ0) is 15.5. The van der Waals surface area contributed by atoms with E-state index >= 15 is 0 Å². The molecule has 0 bridgehead atoms. The lowest BCUT2D eigenvalue weighted by Crippen LogP contribution is -2.58. The smallest absolute Gasteiger partial charge is 0.239 e. The summed E-state index contributed by atoms with van der Waals surface area (Å²) in [5.74, 6) is 0.380. The van der Waals surface area contributed by atoms with Crippen molar-refractivity contribution in [1.82, 2.24) is 20.4 Å². The summed E-state index contributed by atoms with van der Waals surface area (Å²) in [6.07, 6.45) is 5.51. The van der Waals surface area contributed by atoms with Crippen molar-refractivity contribution in [2.75, 3.05) is 32.7 Å². The molecular formula is C16H30Cl2N4O2. The van der Waals surface area contributed by atoms with Crippen molar-refractivity contribution in [3.8, 4) is 0 Å². The molecule has 2 atom stereocenters. The van der Waals surface area contributed by atoms with Crippen molar-refractivity contribution >= 4 is 36.6 Å². The minimum atomic E-state index is -0.0920. The summed E-state index contributed by atoms with van der Waals surface area (Å²) in [5.41, 5.74) is 0. The highest BCUT2D eigenvalue weighted by atomic mass is 35.5. The summed E-state index contributed by atoms with van der Waals surface area (Å²) in [7, 11) is 0. The van der Waals surface area contributed by atoms with Gasteiger partial charge in [0.1, 0.15) is 0 Å². The summed E-state index contributed by atoms with van der Waals surface area (Å²) in [5, 5.41) is 6.39. The number of carbonyl (C=O) groups excluding carboxylic acids is 2. The van der Waals surface area contributed by atoms with E-state index in [9.17, 15) is 9.59 Å². The van der Waals surface area contributed by atoms with Gasteiger partial charge in [0, 0.05) is 32.2 Å². The number of carbonyl (C=O) groups is 2. The third-order valence-electron chi connectivity index (χ3n) is 5.09. The van der Waals surface area contributed by atoms with Crippen LogP contribution in [0.15, 0.2) is 0 Å². The number of halogens is 2. The maximum atomic E-state index is 12.5. The maximum Gasteiger partial charge on any atom is 0.239 e. The molecule has 2 amide bonds. The number of nitrogens with one attached hydrogen (secondary N) is 2. The summed E-state index contributed by atoms with van der Waals surface area (Å²) >= 11 is 0. The Labute approximate surface area is 156 Å². The Bertz CT molecular complexity index is 420. The van der Waals surface area contributed by atoms with E-state index < -0.39 is 0 Å². The molecule has 0 aromatic heterocycles. The summed E-state index contributed by atoms with van der Waals surface area (Å²) in [6.45, 7) is 5.97. The summed E-state index contributed by atoms with van der Waals surface area (Å²) in [6, 6.07) is 0.330. The number of hydrogen-bond acceptors (Lipinski definition) is 4. The Kier molecular flexibility index (Phi) is 8.77. The highest BCUT2D eigenvalue weighted by molar-refractivity contribution is 5.85. The second-order valence-corrected chi connectivity index (χ2v) is 6.82. The fourth-order valence-corrected chi connectivity index (χ4v) is 3.33. The predicted molar refractivity (Wildman–Crippen MR) is 98.9 cm³/mol. The lowest BCUT2D eigenvalue weighted by atomic mass is 10.0. The maximum absolute atomic E-state index is 12.5. The molecule has 0 radical (unpaired) electrons. The number of piperazine rings is 1. The Morgan fingerprint density at radius 3 is 2.25 bits per heavy atom. The first kappa shape index (κ1) is 21.5. The largest absolute Gasteiger partial charge is 0.352 e. The molecule has 3 rings (SSSR count). The van der Waals surface area contributed by atoms with Crippen LogP contribution in [0.25, 0.3) is 0 Å². The molecule has 2 saturated heterocycles. The number of nitrogens with zero attached hydrogens (tertiary/aromatic N) is 2. The molecule has 1 unspecified atom stereocenters. The molecule has 3 fully saturated rings. The average molecular weight is 381 g/mol. The normalized spacial score (nSPS) is 25.9. The minimum absolute atomic E-state index is 0. The van der Waals surface area contributed by atoms with Crippen molar-refractivity contribution in [3.63, 3.8) is 0 Å². The van der Waals surface area contributed by atoms with Gasteiger partial charge >= 0.3 is 0 Å². The van der Waals surface area contributed by atoms with Crippen molar-refractivity contribution in [2.24, 2.45) is 0 Å². The van der Waals surface area contributed by atoms with Crippen LogP contribution in [-0.2, 0) is 9.59 Å². The van der Waals surface area contributed by atoms with Gasteiger partial charge in [-0.1, -0.05) is 6.42 Å². The van der Waals surface area contributed by atoms with Crippen LogP contribution in [0.3, 0.4) is 0 Å². The van der Waals surface area contributed by atoms with Crippen LogP contribution in [0.4, 0.5) is 0 Å². The van der Waals surface area contributed by atoms with Gasteiger partial charge in [-0.05, 0) is 39.2 Å². The van der Waals surface area contributed by atoms with E-state index in [0.29, 0.717) is 6.04 Å². The van der Waals surface area contributed by atoms with Crippen molar-refractivity contribution in [3.05, 3.63) is 0 Å². The van der Waals surface area contributed by atoms with E-state index in [-0.39, 0.29) is 48.7 Å². The van der Waals surface area contributed by atoms with E-state index in [1.165, 1.54) is 6.42 Å². The average Bonchev–Trinajstić information content (AvgIpc) is 3.38. The van der Waals surface area contributed by atoms with E-state index in [4.69, 9.17) is 0 Å². The summed E-state index contributed by atoms with van der Waals surface area (Å²) < 4.78 is 0. The Hall–Kier alpha value is -0.560. The van der Waals surface area contributed by atoms with Gasteiger partial charge in [-0.2, -0.15) is 0 Å². The zero-order valence-corrected chi connectivity index (χ0v) is 16.0. The lowest BCUT2D eigenvalue weighted by molar-refractivity contribution is -0.136. The third kappa shape index (κ3) is 5.48. The van der Waals surface area contributed by atoms with Gasteiger partial charge in [-0.25, -0.2) is 0 Å². The van der Waals surface area contributed by atoms with Gasteiger partial charge in [0.25, 0.3) is 0 Å². The van der Waals surface area contributed by atoms with Crippen LogP contribution in [0.5, 0.6) is 0 Å². The molecule has 1 saturated carbocycles. The number of rotatable bonds is 4. The van der Waals surface area contributed by atoms with Gasteiger partial charge in [-0.15, -0.1) is 24.8 Å². The van der Waals surface area contributed by atoms with E-state index in [1.807, 2.05) is 11.8 Å². The van der Waals surface area contributed by atoms with Crippen molar-refractivity contribution in [1.29, 1.82) is 0 Å². The lowest BCUT2D eigenvalue weighted by Gasteiger charge is -2.39. The molecule has 0 aromatic carbocycles. The van der Waals surface area contributed by atoms with Gasteiger partial charge in [0.2, 0.25) is 11.8 Å². The molecule has 8 heteroatoms. The van der Waals surface area contributed by atoms with Crippen LogP contribution in [0, 0.1) is 0 Å². The highest BCUT2D eigenvalue weighted by Gasteiger charge is 2.32. The van der Waals surface area contributed by atoms with E-state index in [0.717, 1.165) is 58.4 Å². The van der Waals surface area contributed by atoms with Gasteiger partial charge in [0.15, 0.2) is 0 Å². The van der Waals surface area contributed by atoms with Crippen molar-refractivity contribution < 1.29 is 9.59 Å². The fourth-order valence-electron chi connectivity index (χ4n) is 3.33. The first-order chi connectivity index (χ1) is 10.6. The quantitative estimate of drug-likeness (QED) is 0.756. The molecule has 2 heterocycles. The standard InChI is InChI=1S/C16H28N4O2.2ClH/c1-12(15(21)18-13-5-6-13)19-8-10-20(11-9-19)16(22)14-4-2-3-7-17-14;;/h12-14,17H,2-11H2,1H3,(H,18,21);2*1H/t12?,14-;;/m1../s1. The number of amides is 2. The molecular weight excluding hydrogens is 351 g/mol. The first-order valence-corrected chi connectivity index (χ1v) is 8.72. The van der Waals surface area contributed by atoms with Crippen LogP contribution < -0.4 is 10.6 Å². The Morgan fingerprint density at radius 1 is 1.04 bits per heavy atom. The second kappa shape index (κ2) is 9.80. The molecule has 140 valence electrons. The van der Waals surface area contributed by atoms with Crippen LogP contribution in [0.2, 0.25) is 0 Å². The SMILES string of the molecule is CC(C(=O)NC1CC1)N1CCN(C(=O)[C@H]2CCCCN2)CC1.Cl.Cl. The fraction of sp³-hybridized carbons (Fsp3) is 0.875. The summed E-state index contributed by atoms with van der Waals surface area (Å²) in [4.78, 5) is 28.7. The third-order valence-corrected chi connectivity index (χ3v) is 5.09. The second-order valence-electron chi connectivity index (χ2n) is 6.82. The number of hydrogen-bond donors (Lipinski definition) is 2. The zero-order valence-electron chi connectivity index (χ0n) is 14.3. The molecule has 6 nitrogen and oxygen atoms in total. The van der Waals surface area contributed by atoms with Gasteiger partial charge in [-0.3, -0.25) is 14.5 Å². The van der Waals surface area contributed by atoms with E-state index in [1.54, 1.807) is 0 Å². The first-order valence-electron chi connectivity index (χ1n) is 8.72. The monoisotopic (exact) mass is 380 g/mol. The Balaban J connectivity index is 0.00000144. The topological polar surface area (TPSA) is 64.7 Å². The van der Waals surface area contributed by atoms with Crippen LogP contribution in [-0.4, -0.2) is 72.5 Å². The highest BCUT2D eigenvalue weighted by Crippen LogP contribution is 2.19. The molecule has 24 heavy (non-hydrogen) atoms. The molecule has 1 aliphatic carbocycles. The Morgan fingerprint density at radius 2 is 1.71 bits per heavy atom. The number of piperidine rings is 1. The molecule has 2 aliphatic heterocycles. The molecule has 3 aliphatic rings. The molecule has 0 aromatic rings. The van der Waals surface area contributed by atoms with Crippen LogP contribution >= 0.6 is 24.8 Å². The molecule has 2 N–H and O–H groups in total. The van der Waals surface area contributed by atoms with Gasteiger partial charge < -0.3 is 15.5 Å². The van der Waals surface area contributed by atoms with E-state index in [2.05, 4.69) is 15.5 Å². The minimum Gasteiger partial charge on any atom is -0.352 e. The predicted octanol–water partition coefficient (Wildman–Crippen LogP) is 0.783. The van der Waals surface area contributed by atoms with Crippen LogP contribution in [0.1, 0.15) is 39.0 Å². The molecule has 0 spiro atoms.